The molecule has 0 unspecified atom stereocenters. The van der Waals surface area contributed by atoms with Gasteiger partial charge in [-0.15, -0.1) is 0 Å². The van der Waals surface area contributed by atoms with Crippen molar-refractivity contribution in [1.82, 2.24) is 9.21 Å². The fourth-order valence-electron chi connectivity index (χ4n) is 2.68. The van der Waals surface area contributed by atoms with Gasteiger partial charge in [0.15, 0.2) is 0 Å². The summed E-state index contributed by atoms with van der Waals surface area (Å²) in [4.78, 5) is 14.3. The van der Waals surface area contributed by atoms with E-state index >= 15 is 0 Å². The molecule has 0 N–H and O–H groups in total. The fourth-order valence-corrected chi connectivity index (χ4v) is 4.22. The summed E-state index contributed by atoms with van der Waals surface area (Å²) in [5.74, 6) is 0.802. The summed E-state index contributed by atoms with van der Waals surface area (Å²) >= 11 is 0. The highest BCUT2D eigenvalue weighted by molar-refractivity contribution is 7.89. The first kappa shape index (κ1) is 17.7. The minimum absolute atomic E-state index is 0.0672. The fraction of sp³-hybridized carbons (Fsp3) is 0.562. The van der Waals surface area contributed by atoms with Gasteiger partial charge in [-0.1, -0.05) is 6.92 Å². The highest BCUT2D eigenvalue weighted by Crippen LogP contribution is 2.15. The summed E-state index contributed by atoms with van der Waals surface area (Å²) in [7, 11) is -1.62. The van der Waals surface area contributed by atoms with E-state index in [0.29, 0.717) is 50.3 Å². The quantitative estimate of drug-likeness (QED) is 0.816. The van der Waals surface area contributed by atoms with Crippen molar-refractivity contribution in [2.24, 2.45) is 0 Å². The lowest BCUT2D eigenvalue weighted by Crippen LogP contribution is -2.38. The molecule has 1 saturated heterocycles. The number of amides is 1. The van der Waals surface area contributed by atoms with Crippen molar-refractivity contribution in [1.29, 1.82) is 0 Å². The van der Waals surface area contributed by atoms with E-state index < -0.39 is 10.0 Å². The first-order valence-corrected chi connectivity index (χ1v) is 9.50. The standard InChI is InChI=1S/C16H24N2O4S/c1-3-13-23(20,21)18-10-4-9-17(11-12-18)16(19)14-5-7-15(22-2)8-6-14/h5-8H,3-4,9-13H2,1-2H3. The van der Waals surface area contributed by atoms with E-state index in [1.54, 1.807) is 36.3 Å². The number of rotatable bonds is 5. The molecule has 1 heterocycles. The van der Waals surface area contributed by atoms with Crippen molar-refractivity contribution >= 4 is 15.9 Å². The Morgan fingerprint density at radius 3 is 2.43 bits per heavy atom. The third-order valence-corrected chi connectivity index (χ3v) is 6.01. The molecule has 1 aliphatic heterocycles. The Bertz CT molecular complexity index is 628. The summed E-state index contributed by atoms with van der Waals surface area (Å²) in [5, 5.41) is 0. The largest absolute Gasteiger partial charge is 0.497 e. The molecule has 0 aromatic heterocycles. The van der Waals surface area contributed by atoms with E-state index in [1.165, 1.54) is 4.31 Å². The molecule has 0 spiro atoms. The summed E-state index contributed by atoms with van der Waals surface area (Å²) < 4.78 is 30.9. The van der Waals surface area contributed by atoms with Crippen LogP contribution in [0.2, 0.25) is 0 Å². The number of hydrogen-bond donors (Lipinski definition) is 0. The number of benzene rings is 1. The second-order valence-electron chi connectivity index (χ2n) is 5.59. The van der Waals surface area contributed by atoms with Crippen LogP contribution in [0.5, 0.6) is 5.75 Å². The Morgan fingerprint density at radius 1 is 1.13 bits per heavy atom. The number of hydrogen-bond acceptors (Lipinski definition) is 4. The van der Waals surface area contributed by atoms with Crippen molar-refractivity contribution < 1.29 is 17.9 Å². The van der Waals surface area contributed by atoms with Gasteiger partial charge in [-0.05, 0) is 37.1 Å². The number of carbonyl (C=O) groups is 1. The monoisotopic (exact) mass is 340 g/mol. The van der Waals surface area contributed by atoms with E-state index in [0.717, 1.165) is 0 Å². The van der Waals surface area contributed by atoms with E-state index in [4.69, 9.17) is 4.74 Å². The molecule has 0 atom stereocenters. The van der Waals surface area contributed by atoms with Crippen LogP contribution in [0.1, 0.15) is 30.1 Å². The molecule has 0 radical (unpaired) electrons. The van der Waals surface area contributed by atoms with Crippen LogP contribution in [0.25, 0.3) is 0 Å². The van der Waals surface area contributed by atoms with E-state index in [9.17, 15) is 13.2 Å². The van der Waals surface area contributed by atoms with Crippen molar-refractivity contribution in [3.05, 3.63) is 29.8 Å². The molecule has 1 amide bonds. The topological polar surface area (TPSA) is 66.9 Å². The highest BCUT2D eigenvalue weighted by atomic mass is 32.2. The lowest BCUT2D eigenvalue weighted by molar-refractivity contribution is 0.0764. The second kappa shape index (κ2) is 7.79. The van der Waals surface area contributed by atoms with Gasteiger partial charge in [-0.2, -0.15) is 0 Å². The SMILES string of the molecule is CCCS(=O)(=O)N1CCCN(C(=O)c2ccc(OC)cc2)CC1. The Labute approximate surface area is 138 Å². The van der Waals surface area contributed by atoms with Crippen LogP contribution >= 0.6 is 0 Å². The van der Waals surface area contributed by atoms with E-state index in [1.807, 2.05) is 6.92 Å². The van der Waals surface area contributed by atoms with Gasteiger partial charge in [0.1, 0.15) is 5.75 Å². The summed E-state index contributed by atoms with van der Waals surface area (Å²) in [5.41, 5.74) is 0.593. The molecule has 1 aliphatic rings. The molecule has 0 bridgehead atoms. The zero-order chi connectivity index (χ0) is 16.9. The molecule has 2 rings (SSSR count). The van der Waals surface area contributed by atoms with Crippen molar-refractivity contribution in [3.8, 4) is 5.75 Å². The first-order valence-electron chi connectivity index (χ1n) is 7.89. The molecule has 1 aromatic rings. The number of ether oxygens (including phenoxy) is 1. The lowest BCUT2D eigenvalue weighted by Gasteiger charge is -2.22. The molecule has 1 fully saturated rings. The summed E-state index contributed by atoms with van der Waals surface area (Å²) in [6.45, 7) is 3.70. The van der Waals surface area contributed by atoms with Crippen LogP contribution in [0, 0.1) is 0 Å². The normalized spacial score (nSPS) is 16.9. The average Bonchev–Trinajstić information content (AvgIpc) is 2.81. The van der Waals surface area contributed by atoms with Gasteiger partial charge in [-0.3, -0.25) is 4.79 Å². The van der Waals surface area contributed by atoms with E-state index in [2.05, 4.69) is 0 Å². The Kier molecular flexibility index (Phi) is 6.01. The number of methoxy groups -OCH3 is 1. The van der Waals surface area contributed by atoms with Crippen LogP contribution in [-0.2, 0) is 10.0 Å². The molecule has 6 nitrogen and oxygen atoms in total. The Hall–Kier alpha value is -1.60. The molecular weight excluding hydrogens is 316 g/mol. The van der Waals surface area contributed by atoms with Crippen LogP contribution in [0.4, 0.5) is 0 Å². The maximum absolute atomic E-state index is 12.6. The lowest BCUT2D eigenvalue weighted by atomic mass is 10.2. The highest BCUT2D eigenvalue weighted by Gasteiger charge is 2.26. The van der Waals surface area contributed by atoms with Gasteiger partial charge in [0, 0.05) is 31.7 Å². The summed E-state index contributed by atoms with van der Waals surface area (Å²) in [6.07, 6.45) is 1.26. The van der Waals surface area contributed by atoms with Crippen molar-refractivity contribution in [3.63, 3.8) is 0 Å². The van der Waals surface area contributed by atoms with Crippen LogP contribution in [0.15, 0.2) is 24.3 Å². The molecule has 7 heteroatoms. The Balaban J connectivity index is 2.03. The maximum Gasteiger partial charge on any atom is 0.253 e. The summed E-state index contributed by atoms with van der Waals surface area (Å²) in [6, 6.07) is 6.97. The molecule has 1 aromatic carbocycles. The van der Waals surface area contributed by atoms with E-state index in [-0.39, 0.29) is 11.7 Å². The van der Waals surface area contributed by atoms with Crippen LogP contribution in [-0.4, -0.2) is 62.6 Å². The predicted molar refractivity (Wildman–Crippen MR) is 89.2 cm³/mol. The van der Waals surface area contributed by atoms with Crippen molar-refractivity contribution in [2.75, 3.05) is 39.0 Å². The van der Waals surface area contributed by atoms with Crippen molar-refractivity contribution in [2.45, 2.75) is 19.8 Å². The molecular formula is C16H24N2O4S. The molecule has 0 saturated carbocycles. The maximum atomic E-state index is 12.6. The van der Waals surface area contributed by atoms with Crippen LogP contribution in [0.3, 0.4) is 0 Å². The van der Waals surface area contributed by atoms with Gasteiger partial charge in [0.25, 0.3) is 5.91 Å². The number of nitrogens with zero attached hydrogens (tertiary/aromatic N) is 2. The van der Waals surface area contributed by atoms with Gasteiger partial charge in [0.05, 0.1) is 12.9 Å². The minimum atomic E-state index is -3.20. The van der Waals surface area contributed by atoms with Crippen LogP contribution < -0.4 is 4.74 Å². The third-order valence-electron chi connectivity index (χ3n) is 3.93. The predicted octanol–water partition coefficient (Wildman–Crippen LogP) is 1.58. The van der Waals surface area contributed by atoms with Gasteiger partial charge in [0.2, 0.25) is 10.0 Å². The smallest absolute Gasteiger partial charge is 0.253 e. The van der Waals surface area contributed by atoms with Gasteiger partial charge < -0.3 is 9.64 Å². The zero-order valence-electron chi connectivity index (χ0n) is 13.7. The van der Waals surface area contributed by atoms with Gasteiger partial charge >= 0.3 is 0 Å². The molecule has 23 heavy (non-hydrogen) atoms. The minimum Gasteiger partial charge on any atom is -0.497 e. The van der Waals surface area contributed by atoms with Gasteiger partial charge in [-0.25, -0.2) is 12.7 Å². The molecule has 128 valence electrons. The second-order valence-corrected chi connectivity index (χ2v) is 7.68. The molecule has 0 aliphatic carbocycles. The first-order chi connectivity index (χ1) is 11.0. The number of carbonyl (C=O) groups excluding carboxylic acids is 1. The average molecular weight is 340 g/mol. The zero-order valence-corrected chi connectivity index (χ0v) is 14.5. The third kappa shape index (κ3) is 4.45. The Morgan fingerprint density at radius 2 is 1.83 bits per heavy atom. The number of sulfonamides is 1.